The molecular weight excluding hydrogens is 190 g/mol. The summed E-state index contributed by atoms with van der Waals surface area (Å²) < 4.78 is 0. The molecule has 1 N–H and O–H groups in total. The number of nitriles is 1. The summed E-state index contributed by atoms with van der Waals surface area (Å²) in [6.07, 6.45) is 0. The Labute approximate surface area is 88.9 Å². The minimum absolute atomic E-state index is 0.300. The van der Waals surface area contributed by atoms with Gasteiger partial charge in [0, 0.05) is 5.69 Å². The number of aromatic nitrogens is 1. The molecule has 4 nitrogen and oxygen atoms in total. The first kappa shape index (κ1) is 11.2. The third kappa shape index (κ3) is 2.78. The molecule has 0 radical (unpaired) electrons. The maximum atomic E-state index is 11.4. The second-order valence-corrected chi connectivity index (χ2v) is 3.43. The van der Waals surface area contributed by atoms with E-state index >= 15 is 0 Å². The first-order valence-electron chi connectivity index (χ1n) is 4.69. The fourth-order valence-corrected chi connectivity index (χ4v) is 1.12. The zero-order chi connectivity index (χ0) is 11.4. The fraction of sp³-hybridized carbons (Fsp3) is 0.364. The summed E-state index contributed by atoms with van der Waals surface area (Å²) in [5.41, 5.74) is 2.32. The van der Waals surface area contributed by atoms with E-state index in [2.05, 4.69) is 10.3 Å². The van der Waals surface area contributed by atoms with E-state index < -0.39 is 5.92 Å². The lowest BCUT2D eigenvalue weighted by atomic mass is 10.2. The fourth-order valence-electron chi connectivity index (χ4n) is 1.12. The molecule has 1 unspecified atom stereocenters. The Kier molecular flexibility index (Phi) is 3.40. The van der Waals surface area contributed by atoms with Crippen LogP contribution in [-0.4, -0.2) is 10.9 Å². The zero-order valence-corrected chi connectivity index (χ0v) is 9.03. The molecule has 78 valence electrons. The van der Waals surface area contributed by atoms with Crippen molar-refractivity contribution in [3.8, 4) is 6.07 Å². The molecule has 0 aliphatic heterocycles. The van der Waals surface area contributed by atoms with Crippen LogP contribution in [-0.2, 0) is 4.79 Å². The number of aryl methyl sites for hydroxylation is 2. The van der Waals surface area contributed by atoms with Gasteiger partial charge >= 0.3 is 0 Å². The van der Waals surface area contributed by atoms with E-state index in [9.17, 15) is 4.79 Å². The summed E-state index contributed by atoms with van der Waals surface area (Å²) in [7, 11) is 0. The van der Waals surface area contributed by atoms with E-state index in [4.69, 9.17) is 5.26 Å². The van der Waals surface area contributed by atoms with Crippen LogP contribution in [0, 0.1) is 31.1 Å². The molecule has 0 spiro atoms. The van der Waals surface area contributed by atoms with Crippen molar-refractivity contribution in [2.45, 2.75) is 20.8 Å². The topological polar surface area (TPSA) is 65.8 Å². The van der Waals surface area contributed by atoms with Crippen LogP contribution in [0.1, 0.15) is 18.3 Å². The molecule has 1 heterocycles. The lowest BCUT2D eigenvalue weighted by molar-refractivity contribution is -0.117. The number of amides is 1. The molecule has 15 heavy (non-hydrogen) atoms. The Hall–Kier alpha value is -1.89. The molecule has 1 aromatic rings. The minimum atomic E-state index is -0.647. The SMILES string of the molecule is Cc1ccc(NC(=O)C(C)C#N)c(C)n1. The van der Waals surface area contributed by atoms with Crippen molar-refractivity contribution in [2.75, 3.05) is 5.32 Å². The van der Waals surface area contributed by atoms with Gasteiger partial charge in [0.05, 0.1) is 17.5 Å². The quantitative estimate of drug-likeness (QED) is 0.796. The first-order chi connectivity index (χ1) is 7.04. The summed E-state index contributed by atoms with van der Waals surface area (Å²) in [4.78, 5) is 15.6. The van der Waals surface area contributed by atoms with Gasteiger partial charge in [-0.25, -0.2) is 0 Å². The maximum absolute atomic E-state index is 11.4. The van der Waals surface area contributed by atoms with Crippen LogP contribution in [0.2, 0.25) is 0 Å². The van der Waals surface area contributed by atoms with Crippen LogP contribution in [0.4, 0.5) is 5.69 Å². The highest BCUT2D eigenvalue weighted by Gasteiger charge is 2.12. The summed E-state index contributed by atoms with van der Waals surface area (Å²) in [6.45, 7) is 5.27. The van der Waals surface area contributed by atoms with E-state index in [1.807, 2.05) is 26.0 Å². The Bertz CT molecular complexity index is 420. The highest BCUT2D eigenvalue weighted by Crippen LogP contribution is 2.13. The van der Waals surface area contributed by atoms with E-state index in [0.29, 0.717) is 5.69 Å². The average molecular weight is 203 g/mol. The van der Waals surface area contributed by atoms with Crippen molar-refractivity contribution in [2.24, 2.45) is 5.92 Å². The van der Waals surface area contributed by atoms with Crippen LogP contribution in [0.5, 0.6) is 0 Å². The molecule has 0 saturated heterocycles. The largest absolute Gasteiger partial charge is 0.323 e. The zero-order valence-electron chi connectivity index (χ0n) is 9.03. The van der Waals surface area contributed by atoms with Gasteiger partial charge in [-0.3, -0.25) is 9.78 Å². The van der Waals surface area contributed by atoms with Gasteiger partial charge < -0.3 is 5.32 Å². The number of hydrogen-bond donors (Lipinski definition) is 1. The summed E-state index contributed by atoms with van der Waals surface area (Å²) >= 11 is 0. The van der Waals surface area contributed by atoms with Crippen molar-refractivity contribution in [3.05, 3.63) is 23.5 Å². The van der Waals surface area contributed by atoms with Gasteiger partial charge in [0.15, 0.2) is 0 Å². The highest BCUT2D eigenvalue weighted by atomic mass is 16.1. The number of nitrogens with zero attached hydrogens (tertiary/aromatic N) is 2. The van der Waals surface area contributed by atoms with Crippen molar-refractivity contribution in [1.29, 1.82) is 5.26 Å². The molecule has 0 aliphatic rings. The molecule has 0 bridgehead atoms. The monoisotopic (exact) mass is 203 g/mol. The van der Waals surface area contributed by atoms with Crippen molar-refractivity contribution < 1.29 is 4.79 Å². The summed E-state index contributed by atoms with van der Waals surface area (Å²) in [6, 6.07) is 5.49. The Balaban J connectivity index is 2.82. The minimum Gasteiger partial charge on any atom is -0.323 e. The number of hydrogen-bond acceptors (Lipinski definition) is 3. The van der Waals surface area contributed by atoms with Crippen molar-refractivity contribution in [3.63, 3.8) is 0 Å². The normalized spacial score (nSPS) is 11.6. The van der Waals surface area contributed by atoms with Crippen molar-refractivity contribution in [1.82, 2.24) is 4.98 Å². The Morgan fingerprint density at radius 3 is 2.73 bits per heavy atom. The predicted molar refractivity (Wildman–Crippen MR) is 57.1 cm³/mol. The number of carbonyl (C=O) groups is 1. The van der Waals surface area contributed by atoms with Gasteiger partial charge in [-0.2, -0.15) is 5.26 Å². The summed E-state index contributed by atoms with van der Waals surface area (Å²) in [5, 5.41) is 11.2. The van der Waals surface area contributed by atoms with Crippen LogP contribution in [0.25, 0.3) is 0 Å². The number of carbonyl (C=O) groups excluding carboxylic acids is 1. The van der Waals surface area contributed by atoms with Crippen molar-refractivity contribution >= 4 is 11.6 Å². The molecule has 1 atom stereocenters. The second kappa shape index (κ2) is 4.56. The molecule has 1 rings (SSSR count). The molecule has 0 saturated carbocycles. The van der Waals surface area contributed by atoms with E-state index in [1.165, 1.54) is 0 Å². The lowest BCUT2D eigenvalue weighted by Crippen LogP contribution is -2.19. The molecule has 1 aromatic heterocycles. The van der Waals surface area contributed by atoms with Gasteiger partial charge in [0.25, 0.3) is 0 Å². The lowest BCUT2D eigenvalue weighted by Gasteiger charge is -2.08. The highest BCUT2D eigenvalue weighted by molar-refractivity contribution is 5.94. The Morgan fingerprint density at radius 2 is 2.20 bits per heavy atom. The number of anilines is 1. The van der Waals surface area contributed by atoms with Crippen LogP contribution in [0.3, 0.4) is 0 Å². The Morgan fingerprint density at radius 1 is 1.53 bits per heavy atom. The molecule has 0 aliphatic carbocycles. The van der Waals surface area contributed by atoms with E-state index in [0.717, 1.165) is 11.4 Å². The number of nitrogens with one attached hydrogen (secondary N) is 1. The smallest absolute Gasteiger partial charge is 0.241 e. The molecule has 4 heteroatoms. The van der Waals surface area contributed by atoms with Crippen LogP contribution in [0.15, 0.2) is 12.1 Å². The standard InChI is InChI=1S/C11H13N3O/c1-7(6-12)11(15)14-10-5-4-8(2)13-9(10)3/h4-5,7H,1-3H3,(H,14,15). The van der Waals surface area contributed by atoms with Gasteiger partial charge in [-0.1, -0.05) is 0 Å². The average Bonchev–Trinajstić information content (AvgIpc) is 2.20. The third-order valence-electron chi connectivity index (χ3n) is 2.07. The predicted octanol–water partition coefficient (Wildman–Crippen LogP) is 1.80. The molecular formula is C11H13N3O. The van der Waals surface area contributed by atoms with Gasteiger partial charge in [-0.15, -0.1) is 0 Å². The van der Waals surface area contributed by atoms with Gasteiger partial charge in [-0.05, 0) is 32.9 Å². The third-order valence-corrected chi connectivity index (χ3v) is 2.07. The van der Waals surface area contributed by atoms with Gasteiger partial charge in [0.2, 0.25) is 5.91 Å². The van der Waals surface area contributed by atoms with Crippen LogP contribution >= 0.6 is 0 Å². The number of rotatable bonds is 2. The molecule has 0 aromatic carbocycles. The van der Waals surface area contributed by atoms with Gasteiger partial charge in [0.1, 0.15) is 5.92 Å². The van der Waals surface area contributed by atoms with E-state index in [-0.39, 0.29) is 5.91 Å². The summed E-state index contributed by atoms with van der Waals surface area (Å²) in [5.74, 6) is -0.947. The van der Waals surface area contributed by atoms with Crippen LogP contribution < -0.4 is 5.32 Å². The second-order valence-electron chi connectivity index (χ2n) is 3.43. The molecule has 0 fully saturated rings. The maximum Gasteiger partial charge on any atom is 0.241 e. The molecule has 1 amide bonds. The number of pyridine rings is 1. The van der Waals surface area contributed by atoms with E-state index in [1.54, 1.807) is 13.0 Å². The first-order valence-corrected chi connectivity index (χ1v) is 4.69.